The number of aromatic amines is 4. The number of nitrogens with zero attached hydrogens (tertiary/aromatic N) is 4. The zero-order valence-corrected chi connectivity index (χ0v) is 57.3. The van der Waals surface area contributed by atoms with Crippen LogP contribution in [0.25, 0.3) is 148 Å². The predicted octanol–water partition coefficient (Wildman–Crippen LogP) is 22.5. The first-order valence-electron chi connectivity index (χ1n) is 34.1. The Bertz CT molecular complexity index is 4900. The fourth-order valence-electron chi connectivity index (χ4n) is 13.7. The summed E-state index contributed by atoms with van der Waals surface area (Å²) in [5.74, 6) is 1.61. The summed E-state index contributed by atoms with van der Waals surface area (Å²) in [5.41, 5.74) is 27.9. The molecular formula is C86H84N8O2. The first kappa shape index (κ1) is 61.8. The minimum absolute atomic E-state index is 0.141. The lowest BCUT2D eigenvalue weighted by Crippen LogP contribution is -2.16. The summed E-state index contributed by atoms with van der Waals surface area (Å²) in [4.78, 5) is 38.7. The Balaban J connectivity index is 1.13. The van der Waals surface area contributed by atoms with Gasteiger partial charge in [-0.3, -0.25) is 0 Å². The van der Waals surface area contributed by atoms with Crippen LogP contribution in [-0.2, 0) is 21.7 Å². The quantitative estimate of drug-likeness (QED) is 0.136. The van der Waals surface area contributed by atoms with Crippen molar-refractivity contribution in [3.63, 3.8) is 0 Å². The zero-order chi connectivity index (χ0) is 66.4. The van der Waals surface area contributed by atoms with Gasteiger partial charge in [0.1, 0.15) is 11.5 Å². The molecule has 10 nitrogen and oxygen atoms in total. The van der Waals surface area contributed by atoms with Gasteiger partial charge in [0, 0.05) is 77.5 Å². The predicted molar refractivity (Wildman–Crippen MR) is 403 cm³/mol. The van der Waals surface area contributed by atoms with Gasteiger partial charge in [0.25, 0.3) is 0 Å². The van der Waals surface area contributed by atoms with E-state index in [0.29, 0.717) is 13.2 Å². The third-order valence-corrected chi connectivity index (χ3v) is 19.1. The second-order valence-corrected chi connectivity index (χ2v) is 30.5. The van der Waals surface area contributed by atoms with Crippen LogP contribution >= 0.6 is 0 Å². The highest BCUT2D eigenvalue weighted by atomic mass is 16.5. The van der Waals surface area contributed by atoms with Crippen LogP contribution in [0.5, 0.6) is 11.5 Å². The number of aromatic nitrogens is 8. The molecule has 11 heterocycles. The smallest absolute Gasteiger partial charge is 0.119 e. The van der Waals surface area contributed by atoms with Crippen molar-refractivity contribution < 1.29 is 9.47 Å². The van der Waals surface area contributed by atoms with Gasteiger partial charge in [-0.05, 0) is 225 Å². The van der Waals surface area contributed by atoms with Crippen LogP contribution in [-0.4, -0.2) is 53.1 Å². The normalized spacial score (nSPS) is 14.2. The number of nitrogens with one attached hydrogen (secondary N) is 4. The van der Waals surface area contributed by atoms with Crippen LogP contribution in [0.2, 0.25) is 0 Å². The highest BCUT2D eigenvalue weighted by Gasteiger charge is 2.28. The lowest BCUT2D eigenvalue weighted by atomic mass is 9.78. The lowest BCUT2D eigenvalue weighted by molar-refractivity contribution is 0.287. The summed E-state index contributed by atoms with van der Waals surface area (Å²) in [6.07, 6.45) is 21.2. The van der Waals surface area contributed by atoms with E-state index < -0.39 is 0 Å². The third-order valence-electron chi connectivity index (χ3n) is 19.1. The average molecular weight is 1260 g/mol. The van der Waals surface area contributed by atoms with Crippen molar-refractivity contribution in [2.45, 2.75) is 130 Å². The van der Waals surface area contributed by atoms with Crippen molar-refractivity contribution in [1.29, 1.82) is 0 Å². The number of H-pyrrole nitrogens is 4. The maximum Gasteiger partial charge on any atom is 0.119 e. The van der Waals surface area contributed by atoms with E-state index >= 15 is 0 Å². The molecule has 10 heteroatoms. The lowest BCUT2D eigenvalue weighted by Gasteiger charge is -2.26. The van der Waals surface area contributed by atoms with Crippen molar-refractivity contribution in [2.75, 3.05) is 13.2 Å². The van der Waals surface area contributed by atoms with Gasteiger partial charge in [-0.15, -0.1) is 0 Å². The van der Waals surface area contributed by atoms with Crippen LogP contribution in [0.4, 0.5) is 0 Å². The van der Waals surface area contributed by atoms with E-state index in [9.17, 15) is 0 Å². The molecule has 4 aromatic carbocycles. The first-order chi connectivity index (χ1) is 46.0. The number of hydrogen-bond donors (Lipinski definition) is 4. The van der Waals surface area contributed by atoms with Crippen LogP contribution in [0, 0.1) is 0 Å². The minimum atomic E-state index is -0.141. The van der Waals surface area contributed by atoms with E-state index in [2.05, 4.69) is 297 Å². The summed E-state index contributed by atoms with van der Waals surface area (Å²) >= 11 is 0. The van der Waals surface area contributed by atoms with Crippen molar-refractivity contribution in [3.8, 4) is 67.1 Å². The fourth-order valence-corrected chi connectivity index (χ4v) is 13.7. The van der Waals surface area contributed by atoms with Gasteiger partial charge in [-0.25, -0.2) is 19.9 Å². The van der Waals surface area contributed by atoms with Crippen molar-refractivity contribution in [3.05, 3.63) is 213 Å². The maximum absolute atomic E-state index is 6.59. The molecule has 96 heavy (non-hydrogen) atoms. The van der Waals surface area contributed by atoms with E-state index in [0.717, 1.165) is 183 Å². The van der Waals surface area contributed by atoms with Gasteiger partial charge in [0.15, 0.2) is 0 Å². The monoisotopic (exact) mass is 1260 g/mol. The summed E-state index contributed by atoms with van der Waals surface area (Å²) in [6, 6.07) is 53.0. The Morgan fingerprint density at radius 2 is 0.594 bits per heavy atom. The Kier molecular flexibility index (Phi) is 15.4. The Morgan fingerprint density at radius 3 is 0.969 bits per heavy atom. The molecule has 0 saturated carbocycles. The van der Waals surface area contributed by atoms with Crippen molar-refractivity contribution in [2.24, 2.45) is 0 Å². The van der Waals surface area contributed by atoms with E-state index in [1.54, 1.807) is 0 Å². The maximum atomic E-state index is 6.59. The molecule has 15 rings (SSSR count). The van der Waals surface area contributed by atoms with Crippen LogP contribution in [0.3, 0.4) is 0 Å². The molecule has 0 radical (unpaired) electrons. The SMILES string of the molecule is CC(C)(C)c1cc(-c2c3nc(c4c5ccc([nH]5)c(c5nc(cc6ccc2[nH]6)C=C5)-c2cccc(c2)OCCCCCCOc2cccc(c2)-c2c5nc(cc6ccc([nH]6)c(-c6cc(C(C)(C)C)cc(C(C)(C)C)c6)c6nc(c-4c4ccc2[nH]4)C=C6)C=C5)C=C3)cc(C(C)(C)C)c1. The molecule has 0 unspecified atom stereocenters. The molecule has 0 fully saturated rings. The van der Waals surface area contributed by atoms with Crippen LogP contribution in [0.1, 0.15) is 177 Å². The molecule has 6 aromatic heterocycles. The first-order valence-corrected chi connectivity index (χ1v) is 34.1. The molecule has 5 aliphatic heterocycles. The topological polar surface area (TPSA) is 133 Å². The molecule has 5 aliphatic rings. The van der Waals surface area contributed by atoms with Gasteiger partial charge < -0.3 is 29.4 Å². The molecule has 0 amide bonds. The Morgan fingerprint density at radius 1 is 0.281 bits per heavy atom. The van der Waals surface area contributed by atoms with Gasteiger partial charge in [-0.1, -0.05) is 144 Å². The molecule has 0 aliphatic carbocycles. The Hall–Kier alpha value is -10.3. The van der Waals surface area contributed by atoms with Gasteiger partial charge in [-0.2, -0.15) is 0 Å². The van der Waals surface area contributed by atoms with Crippen molar-refractivity contribution in [1.82, 2.24) is 39.9 Å². The van der Waals surface area contributed by atoms with Crippen LogP contribution < -0.4 is 9.47 Å². The van der Waals surface area contributed by atoms with E-state index in [1.807, 2.05) is 0 Å². The molecule has 0 saturated heterocycles. The largest absolute Gasteiger partial charge is 0.494 e. The fraction of sp³-hybridized carbons (Fsp3) is 0.256. The second-order valence-electron chi connectivity index (χ2n) is 30.5. The summed E-state index contributed by atoms with van der Waals surface area (Å²) in [7, 11) is 0. The van der Waals surface area contributed by atoms with Gasteiger partial charge in [0.2, 0.25) is 0 Å². The van der Waals surface area contributed by atoms with E-state index in [-0.39, 0.29) is 21.7 Å². The number of ether oxygens (including phenoxy) is 2. The third kappa shape index (κ3) is 12.2. The standard InChI is InChI=1S/C86H84N8O2/c1-83(2,3)55-41-53(42-56(47-55)84(4,5)6)79-67-29-25-61(89-67)49-59-23-27-65(87-59)77-51-19-17-21-63(45-51)95-39-15-13-14-16-40-96-64-22-18-20-52(46-64)78-66-28-24-60(88-66)50-62-26-30-68(90-62)80(54-43-57(85(7,8)9)48-58(44-54)86(10,11)12)72-34-38-76(94-72)82(74-36-32-70(78)92-74)81(73-35-31-69(77)91-73)75-37-33-71(79)93-75/h17-38,41-50,89-92H,13-16,39-40H2,1-12H3. The number of rotatable bonds is 2. The number of benzene rings is 4. The molecule has 0 spiro atoms. The van der Waals surface area contributed by atoms with E-state index in [4.69, 9.17) is 29.4 Å². The highest BCUT2D eigenvalue weighted by molar-refractivity contribution is 6.05. The highest BCUT2D eigenvalue weighted by Crippen LogP contribution is 2.45. The van der Waals surface area contributed by atoms with Crippen molar-refractivity contribution >= 4 is 92.7 Å². The molecular weight excluding hydrogens is 1180 g/mol. The summed E-state index contributed by atoms with van der Waals surface area (Å²) in [6.45, 7) is 28.8. The van der Waals surface area contributed by atoms with Gasteiger partial charge in [0.05, 0.1) is 58.8 Å². The summed E-state index contributed by atoms with van der Waals surface area (Å²) in [5, 5.41) is 0. The molecule has 4 N–H and O–H groups in total. The van der Waals surface area contributed by atoms with Crippen LogP contribution in [0.15, 0.2) is 146 Å². The molecule has 24 bridgehead atoms. The zero-order valence-electron chi connectivity index (χ0n) is 57.3. The number of fused-ring (bicyclic) bond motifs is 23. The van der Waals surface area contributed by atoms with Gasteiger partial charge >= 0.3 is 0 Å². The minimum Gasteiger partial charge on any atom is -0.494 e. The Labute approximate surface area is 563 Å². The second kappa shape index (κ2) is 23.8. The number of hydrogen-bond acceptors (Lipinski definition) is 6. The summed E-state index contributed by atoms with van der Waals surface area (Å²) < 4.78 is 13.2. The molecule has 0 atom stereocenters. The van der Waals surface area contributed by atoms with E-state index in [1.165, 1.54) is 22.3 Å². The molecule has 480 valence electrons. The molecule has 10 aromatic rings. The average Bonchev–Trinajstić information content (AvgIpc) is 1.50.